The first-order valence-electron chi connectivity index (χ1n) is 3.30. The average molecular weight is 273 g/mol. The molecule has 0 aliphatic rings. The van der Waals surface area contributed by atoms with Crippen molar-refractivity contribution in [1.29, 1.82) is 0 Å². The lowest BCUT2D eigenvalue weighted by molar-refractivity contribution is 0.501. The van der Waals surface area contributed by atoms with Gasteiger partial charge in [0.1, 0.15) is 0 Å². The van der Waals surface area contributed by atoms with Crippen molar-refractivity contribution in [3.63, 3.8) is 0 Å². The van der Waals surface area contributed by atoms with Gasteiger partial charge in [-0.05, 0) is 40.8 Å². The number of rotatable bonds is 0. The van der Waals surface area contributed by atoms with E-state index in [9.17, 15) is 4.79 Å². The molecule has 0 spiro atoms. The Balaban J connectivity index is 2.98. The summed E-state index contributed by atoms with van der Waals surface area (Å²) in [6, 6.07) is 5.46. The van der Waals surface area contributed by atoms with Crippen LogP contribution in [0, 0.1) is 3.57 Å². The molecule has 0 unspecified atom stereocenters. The zero-order valence-corrected chi connectivity index (χ0v) is 8.11. The Kier molecular flexibility index (Phi) is 1.84. The summed E-state index contributed by atoms with van der Waals surface area (Å²) >= 11 is 2.14. The summed E-state index contributed by atoms with van der Waals surface area (Å²) in [4.78, 5) is 15.0. The van der Waals surface area contributed by atoms with Crippen molar-refractivity contribution in [3.8, 4) is 0 Å². The minimum absolute atomic E-state index is 0.335. The summed E-state index contributed by atoms with van der Waals surface area (Å²) in [5, 5.41) is 0.532. The lowest BCUT2D eigenvalue weighted by Gasteiger charge is -1.93. The van der Waals surface area contributed by atoms with Crippen molar-refractivity contribution in [2.45, 2.75) is 0 Å². The van der Waals surface area contributed by atoms with E-state index in [1.165, 1.54) is 0 Å². The molecule has 0 fully saturated rings. The standard InChI is InChI=1S/C8H4INO2/c9-5-1-2-7-6(3-5)8(11)12-4-10-7/h1-4H. The summed E-state index contributed by atoms with van der Waals surface area (Å²) in [6.07, 6.45) is 1.16. The number of hydrogen-bond acceptors (Lipinski definition) is 3. The van der Waals surface area contributed by atoms with E-state index in [4.69, 9.17) is 0 Å². The van der Waals surface area contributed by atoms with Crippen LogP contribution >= 0.6 is 22.6 Å². The summed E-state index contributed by atoms with van der Waals surface area (Å²) in [5.74, 6) is 0. The summed E-state index contributed by atoms with van der Waals surface area (Å²) < 4.78 is 5.63. The maximum Gasteiger partial charge on any atom is 0.346 e. The second-order valence-corrected chi connectivity index (χ2v) is 3.55. The Morgan fingerprint density at radius 3 is 3.08 bits per heavy atom. The number of fused-ring (bicyclic) bond motifs is 1. The van der Waals surface area contributed by atoms with Gasteiger partial charge < -0.3 is 4.42 Å². The van der Waals surface area contributed by atoms with Crippen LogP contribution in [0.4, 0.5) is 0 Å². The normalized spacial score (nSPS) is 10.4. The fourth-order valence-corrected chi connectivity index (χ4v) is 1.47. The highest BCUT2D eigenvalue weighted by Gasteiger charge is 1.99. The molecular weight excluding hydrogens is 269 g/mol. The van der Waals surface area contributed by atoms with Crippen LogP contribution in [0.25, 0.3) is 10.9 Å². The van der Waals surface area contributed by atoms with Gasteiger partial charge in [0.05, 0.1) is 10.9 Å². The van der Waals surface area contributed by atoms with Gasteiger partial charge in [-0.1, -0.05) is 0 Å². The smallest absolute Gasteiger partial charge is 0.346 e. The van der Waals surface area contributed by atoms with E-state index in [-0.39, 0.29) is 5.63 Å². The Labute approximate surface area is 81.6 Å². The molecule has 2 aromatic rings. The highest BCUT2D eigenvalue weighted by atomic mass is 127. The number of benzene rings is 1. The predicted octanol–water partition coefficient (Wildman–Crippen LogP) is 1.79. The molecule has 1 heterocycles. The zero-order valence-electron chi connectivity index (χ0n) is 5.95. The van der Waals surface area contributed by atoms with Gasteiger partial charge in [0.15, 0.2) is 6.39 Å². The van der Waals surface area contributed by atoms with E-state index in [1.54, 1.807) is 12.1 Å². The minimum atomic E-state index is -0.335. The number of nitrogens with zero attached hydrogens (tertiary/aromatic N) is 1. The Bertz CT molecular complexity index is 478. The van der Waals surface area contributed by atoms with Crippen LogP contribution in [0.1, 0.15) is 0 Å². The zero-order chi connectivity index (χ0) is 8.55. The van der Waals surface area contributed by atoms with Gasteiger partial charge in [-0.3, -0.25) is 0 Å². The van der Waals surface area contributed by atoms with Crippen LogP contribution < -0.4 is 5.63 Å². The Morgan fingerprint density at radius 1 is 1.42 bits per heavy atom. The third kappa shape index (κ3) is 1.22. The van der Waals surface area contributed by atoms with E-state index in [0.29, 0.717) is 10.9 Å². The first-order valence-corrected chi connectivity index (χ1v) is 4.38. The van der Waals surface area contributed by atoms with Gasteiger partial charge in [-0.15, -0.1) is 0 Å². The van der Waals surface area contributed by atoms with Gasteiger partial charge >= 0.3 is 5.63 Å². The molecule has 3 nitrogen and oxygen atoms in total. The highest BCUT2D eigenvalue weighted by molar-refractivity contribution is 14.1. The monoisotopic (exact) mass is 273 g/mol. The number of halogens is 1. The van der Waals surface area contributed by atoms with Crippen molar-refractivity contribution >= 4 is 33.5 Å². The molecule has 4 heteroatoms. The molecule has 2 rings (SSSR count). The lowest BCUT2D eigenvalue weighted by Crippen LogP contribution is -1.99. The van der Waals surface area contributed by atoms with Gasteiger partial charge in [-0.2, -0.15) is 0 Å². The van der Waals surface area contributed by atoms with Crippen LogP contribution in [0.3, 0.4) is 0 Å². The van der Waals surface area contributed by atoms with Crippen molar-refractivity contribution in [2.75, 3.05) is 0 Å². The molecule has 0 saturated carbocycles. The third-order valence-electron chi connectivity index (χ3n) is 1.53. The predicted molar refractivity (Wildman–Crippen MR) is 53.0 cm³/mol. The van der Waals surface area contributed by atoms with Crippen molar-refractivity contribution in [2.24, 2.45) is 0 Å². The molecule has 0 amide bonds. The van der Waals surface area contributed by atoms with Crippen molar-refractivity contribution in [3.05, 3.63) is 38.6 Å². The molecule has 0 radical (unpaired) electrons. The molecule has 60 valence electrons. The fourth-order valence-electron chi connectivity index (χ4n) is 0.979. The first-order chi connectivity index (χ1) is 5.77. The van der Waals surface area contributed by atoms with Crippen LogP contribution in [0.2, 0.25) is 0 Å². The first kappa shape index (κ1) is 7.72. The molecule has 0 bridgehead atoms. The summed E-state index contributed by atoms with van der Waals surface area (Å²) in [6.45, 7) is 0. The van der Waals surface area contributed by atoms with Crippen LogP contribution in [0.5, 0.6) is 0 Å². The van der Waals surface area contributed by atoms with Gasteiger partial charge in [0, 0.05) is 3.57 Å². The molecule has 1 aromatic heterocycles. The summed E-state index contributed by atoms with van der Waals surface area (Å²) in [5.41, 5.74) is 0.338. The highest BCUT2D eigenvalue weighted by Crippen LogP contribution is 2.11. The Hall–Kier alpha value is -0.910. The van der Waals surface area contributed by atoms with E-state index in [0.717, 1.165) is 9.96 Å². The maximum atomic E-state index is 11.1. The van der Waals surface area contributed by atoms with Crippen molar-refractivity contribution in [1.82, 2.24) is 4.98 Å². The van der Waals surface area contributed by atoms with Gasteiger partial charge in [-0.25, -0.2) is 9.78 Å². The molecule has 12 heavy (non-hydrogen) atoms. The lowest BCUT2D eigenvalue weighted by atomic mass is 10.2. The summed E-state index contributed by atoms with van der Waals surface area (Å²) in [7, 11) is 0. The molecule has 0 atom stereocenters. The average Bonchev–Trinajstić information content (AvgIpc) is 2.07. The molecule has 0 aliphatic heterocycles. The Morgan fingerprint density at radius 2 is 2.25 bits per heavy atom. The van der Waals surface area contributed by atoms with Crippen LogP contribution in [-0.2, 0) is 0 Å². The third-order valence-corrected chi connectivity index (χ3v) is 2.20. The van der Waals surface area contributed by atoms with E-state index >= 15 is 0 Å². The molecule has 0 saturated heterocycles. The molecule has 0 aliphatic carbocycles. The second kappa shape index (κ2) is 2.85. The van der Waals surface area contributed by atoms with Gasteiger partial charge in [0.2, 0.25) is 0 Å². The number of aromatic nitrogens is 1. The number of hydrogen-bond donors (Lipinski definition) is 0. The van der Waals surface area contributed by atoms with Gasteiger partial charge in [0.25, 0.3) is 0 Å². The fraction of sp³-hybridized carbons (Fsp3) is 0. The SMILES string of the molecule is O=c1ocnc2ccc(I)cc12. The minimum Gasteiger partial charge on any atom is -0.411 e. The molecular formula is C8H4INO2. The quantitative estimate of drug-likeness (QED) is 0.687. The van der Waals surface area contributed by atoms with E-state index in [2.05, 4.69) is 32.0 Å². The second-order valence-electron chi connectivity index (χ2n) is 2.30. The molecule has 1 aromatic carbocycles. The van der Waals surface area contributed by atoms with Crippen LogP contribution in [0.15, 0.2) is 33.8 Å². The maximum absolute atomic E-state index is 11.1. The molecule has 0 N–H and O–H groups in total. The van der Waals surface area contributed by atoms with Crippen molar-refractivity contribution < 1.29 is 4.42 Å². The van der Waals surface area contributed by atoms with E-state index < -0.39 is 0 Å². The topological polar surface area (TPSA) is 43.1 Å². The van der Waals surface area contributed by atoms with E-state index in [1.807, 2.05) is 6.07 Å². The van der Waals surface area contributed by atoms with Crippen LogP contribution in [-0.4, -0.2) is 4.98 Å². The largest absolute Gasteiger partial charge is 0.411 e.